The van der Waals surface area contributed by atoms with Crippen LogP contribution < -0.4 is 4.74 Å². The van der Waals surface area contributed by atoms with Gasteiger partial charge in [0.05, 0.1) is 13.2 Å². The van der Waals surface area contributed by atoms with Gasteiger partial charge < -0.3 is 19.5 Å². The van der Waals surface area contributed by atoms with Gasteiger partial charge >= 0.3 is 5.97 Å². The smallest absolute Gasteiger partial charge is 0.334 e. The first-order valence-electron chi connectivity index (χ1n) is 6.61. The monoisotopic (exact) mass is 355 g/mol. The predicted molar refractivity (Wildman–Crippen MR) is 76.3 cm³/mol. The number of hydrogen-bond donors (Lipinski definition) is 1. The second-order valence-electron chi connectivity index (χ2n) is 5.03. The third-order valence-corrected chi connectivity index (χ3v) is 4.20. The van der Waals surface area contributed by atoms with Gasteiger partial charge in [0.25, 0.3) is 0 Å². The van der Waals surface area contributed by atoms with Crippen molar-refractivity contribution in [3.05, 3.63) is 28.2 Å². The van der Waals surface area contributed by atoms with Crippen molar-refractivity contribution in [2.24, 2.45) is 0 Å². The lowest BCUT2D eigenvalue weighted by atomic mass is 9.99. The number of carbonyl (C=O) groups excluding carboxylic acids is 1. The van der Waals surface area contributed by atoms with Gasteiger partial charge in [0.1, 0.15) is 18.3 Å². The van der Waals surface area contributed by atoms with Gasteiger partial charge in [-0.05, 0) is 18.2 Å². The van der Waals surface area contributed by atoms with E-state index in [0.29, 0.717) is 18.9 Å². The lowest BCUT2D eigenvalue weighted by Gasteiger charge is -2.32. The van der Waals surface area contributed by atoms with Crippen LogP contribution in [0, 0.1) is 0 Å². The molecule has 21 heavy (non-hydrogen) atoms. The van der Waals surface area contributed by atoms with Crippen LogP contribution in [0.4, 0.5) is 0 Å². The summed E-state index contributed by atoms with van der Waals surface area (Å²) < 4.78 is 11.6. The van der Waals surface area contributed by atoms with Gasteiger partial charge in [-0.2, -0.15) is 0 Å². The van der Waals surface area contributed by atoms with E-state index in [2.05, 4.69) is 15.9 Å². The van der Waals surface area contributed by atoms with Crippen molar-refractivity contribution in [2.45, 2.75) is 12.0 Å². The van der Waals surface area contributed by atoms with E-state index in [4.69, 9.17) is 14.6 Å². The number of fused-ring (bicyclic) bond motifs is 1. The Labute approximate surface area is 129 Å². The Balaban J connectivity index is 1.78. The van der Waals surface area contributed by atoms with Crippen LogP contribution in [0.2, 0.25) is 0 Å². The quantitative estimate of drug-likeness (QED) is 0.863. The zero-order valence-electron chi connectivity index (χ0n) is 11.1. The highest BCUT2D eigenvalue weighted by Gasteiger charge is 2.37. The molecule has 2 aliphatic heterocycles. The van der Waals surface area contributed by atoms with E-state index in [-0.39, 0.29) is 25.0 Å². The largest absolute Gasteiger partial charge is 0.492 e. The Hall–Kier alpha value is -1.60. The van der Waals surface area contributed by atoms with Gasteiger partial charge in [-0.1, -0.05) is 15.9 Å². The summed E-state index contributed by atoms with van der Waals surface area (Å²) in [4.78, 5) is 25.2. The Morgan fingerprint density at radius 1 is 1.38 bits per heavy atom. The van der Waals surface area contributed by atoms with Gasteiger partial charge in [-0.15, -0.1) is 0 Å². The zero-order chi connectivity index (χ0) is 15.0. The highest BCUT2D eigenvalue weighted by atomic mass is 79.9. The third-order valence-electron chi connectivity index (χ3n) is 3.70. The van der Waals surface area contributed by atoms with E-state index in [0.717, 1.165) is 10.0 Å². The number of halogens is 1. The van der Waals surface area contributed by atoms with Gasteiger partial charge in [0.2, 0.25) is 5.91 Å². The third kappa shape index (κ3) is 2.75. The summed E-state index contributed by atoms with van der Waals surface area (Å²) in [6.45, 7) is 1.01. The van der Waals surface area contributed by atoms with Crippen LogP contribution in [0.1, 0.15) is 11.5 Å². The summed E-state index contributed by atoms with van der Waals surface area (Å²) in [5.74, 6) is -0.829. The van der Waals surface area contributed by atoms with Crippen molar-refractivity contribution in [1.29, 1.82) is 0 Å². The number of rotatable bonds is 2. The maximum Gasteiger partial charge on any atom is 0.334 e. The van der Waals surface area contributed by atoms with Crippen molar-refractivity contribution < 1.29 is 24.2 Å². The lowest BCUT2D eigenvalue weighted by molar-refractivity contribution is -0.159. The van der Waals surface area contributed by atoms with Crippen molar-refractivity contribution >= 4 is 27.8 Å². The molecule has 2 unspecified atom stereocenters. The maximum atomic E-state index is 12.6. The minimum Gasteiger partial charge on any atom is -0.492 e. The molecule has 2 aliphatic rings. The molecule has 1 amide bonds. The number of aliphatic carboxylic acids is 1. The average Bonchev–Trinajstić information content (AvgIpc) is 2.89. The topological polar surface area (TPSA) is 76.1 Å². The van der Waals surface area contributed by atoms with E-state index in [1.54, 1.807) is 4.90 Å². The van der Waals surface area contributed by atoms with Gasteiger partial charge in [-0.3, -0.25) is 4.79 Å². The number of ether oxygens (including phenoxy) is 2. The Morgan fingerprint density at radius 2 is 2.19 bits per heavy atom. The molecule has 0 spiro atoms. The summed E-state index contributed by atoms with van der Waals surface area (Å²) in [6.07, 6.45) is -0.952. The van der Waals surface area contributed by atoms with Gasteiger partial charge in [0.15, 0.2) is 6.10 Å². The Bertz CT molecular complexity index is 591. The molecule has 3 rings (SSSR count). The van der Waals surface area contributed by atoms with E-state index in [1.807, 2.05) is 18.2 Å². The first-order valence-corrected chi connectivity index (χ1v) is 7.41. The average molecular weight is 356 g/mol. The first kappa shape index (κ1) is 14.3. The molecule has 0 aliphatic carbocycles. The Morgan fingerprint density at radius 3 is 2.95 bits per heavy atom. The van der Waals surface area contributed by atoms with Crippen molar-refractivity contribution in [3.63, 3.8) is 0 Å². The molecule has 1 saturated heterocycles. The van der Waals surface area contributed by atoms with Crippen LogP contribution in [0.25, 0.3) is 0 Å². The fraction of sp³-hybridized carbons (Fsp3) is 0.429. The molecule has 1 aromatic carbocycles. The fourth-order valence-corrected chi connectivity index (χ4v) is 2.99. The zero-order valence-corrected chi connectivity index (χ0v) is 12.7. The molecule has 1 N–H and O–H groups in total. The molecule has 0 bridgehead atoms. The van der Waals surface area contributed by atoms with Crippen molar-refractivity contribution in [1.82, 2.24) is 4.90 Å². The molecule has 1 aromatic rings. The van der Waals surface area contributed by atoms with E-state index in [1.165, 1.54) is 0 Å². The normalized spacial score (nSPS) is 24.3. The van der Waals surface area contributed by atoms with Gasteiger partial charge in [0, 0.05) is 16.6 Å². The van der Waals surface area contributed by atoms with Crippen LogP contribution >= 0.6 is 15.9 Å². The molecule has 0 radical (unpaired) electrons. The molecule has 7 heteroatoms. The second-order valence-corrected chi connectivity index (χ2v) is 5.94. The van der Waals surface area contributed by atoms with Crippen LogP contribution in [0.5, 0.6) is 5.75 Å². The number of carboxylic acid groups (broad SMARTS) is 1. The highest BCUT2D eigenvalue weighted by molar-refractivity contribution is 9.10. The molecule has 0 aromatic heterocycles. The molecular formula is C14H14BrNO5. The summed E-state index contributed by atoms with van der Waals surface area (Å²) in [5.41, 5.74) is 0.841. The maximum absolute atomic E-state index is 12.6. The molecule has 112 valence electrons. The molecule has 2 heterocycles. The van der Waals surface area contributed by atoms with Crippen LogP contribution in [0.3, 0.4) is 0 Å². The van der Waals surface area contributed by atoms with Gasteiger partial charge in [-0.25, -0.2) is 4.79 Å². The summed E-state index contributed by atoms with van der Waals surface area (Å²) in [6, 6.07) is 5.56. The molecule has 6 nitrogen and oxygen atoms in total. The summed E-state index contributed by atoms with van der Waals surface area (Å²) >= 11 is 3.39. The second kappa shape index (κ2) is 5.65. The predicted octanol–water partition coefficient (Wildman–Crippen LogP) is 1.24. The lowest BCUT2D eigenvalue weighted by Crippen LogP contribution is -2.50. The fourth-order valence-electron chi connectivity index (χ4n) is 2.61. The van der Waals surface area contributed by atoms with Crippen molar-refractivity contribution in [3.8, 4) is 5.75 Å². The van der Waals surface area contributed by atoms with Crippen LogP contribution in [-0.4, -0.2) is 54.3 Å². The number of hydrogen-bond acceptors (Lipinski definition) is 4. The summed E-state index contributed by atoms with van der Waals surface area (Å²) in [7, 11) is 0. The number of carboxylic acids is 1. The number of benzene rings is 1. The van der Waals surface area contributed by atoms with E-state index >= 15 is 0 Å². The number of morpholine rings is 1. The first-order chi connectivity index (χ1) is 10.1. The number of nitrogens with zero attached hydrogens (tertiary/aromatic N) is 1. The minimum atomic E-state index is -1.04. The SMILES string of the molecule is O=C(O)C1CN(C(=O)C2COc3ccc(Br)cc32)CCO1. The molecule has 1 fully saturated rings. The minimum absolute atomic E-state index is 0.0774. The standard InChI is InChI=1S/C14H14BrNO5/c15-8-1-2-11-9(5-8)10(7-21-11)13(17)16-3-4-20-12(6-16)14(18)19/h1-2,5,10,12H,3-4,6-7H2,(H,18,19). The summed E-state index contributed by atoms with van der Waals surface area (Å²) in [5, 5.41) is 9.00. The van der Waals surface area contributed by atoms with E-state index in [9.17, 15) is 9.59 Å². The number of carbonyl (C=O) groups is 2. The molecule has 0 saturated carbocycles. The molecule has 2 atom stereocenters. The highest BCUT2D eigenvalue weighted by Crippen LogP contribution is 2.37. The Kier molecular flexibility index (Phi) is 3.86. The van der Waals surface area contributed by atoms with Crippen LogP contribution in [-0.2, 0) is 14.3 Å². The van der Waals surface area contributed by atoms with E-state index < -0.39 is 12.1 Å². The molecular weight excluding hydrogens is 342 g/mol. The van der Waals surface area contributed by atoms with Crippen LogP contribution in [0.15, 0.2) is 22.7 Å². The van der Waals surface area contributed by atoms with Crippen molar-refractivity contribution in [2.75, 3.05) is 26.3 Å². The number of amides is 1.